The zero-order valence-electron chi connectivity index (χ0n) is 14.1. The first kappa shape index (κ1) is 17.3. The van der Waals surface area contributed by atoms with Gasteiger partial charge in [-0.05, 0) is 12.1 Å². The molecule has 0 amide bonds. The van der Waals surface area contributed by atoms with Gasteiger partial charge in [0.2, 0.25) is 0 Å². The molecule has 7 nitrogen and oxygen atoms in total. The lowest BCUT2D eigenvalue weighted by Gasteiger charge is -2.34. The van der Waals surface area contributed by atoms with Crippen molar-refractivity contribution in [2.75, 3.05) is 26.9 Å². The van der Waals surface area contributed by atoms with Crippen LogP contribution in [0.4, 0.5) is 0 Å². The van der Waals surface area contributed by atoms with Crippen LogP contribution in [0.25, 0.3) is 11.4 Å². The summed E-state index contributed by atoms with van der Waals surface area (Å²) in [7, 11) is 1.62. The van der Waals surface area contributed by atoms with Crippen LogP contribution in [0.5, 0.6) is 5.75 Å². The largest absolute Gasteiger partial charge is 0.496 e. The number of methoxy groups -OCH3 is 1. The Morgan fingerprint density at radius 3 is 2.84 bits per heavy atom. The van der Waals surface area contributed by atoms with Crippen molar-refractivity contribution < 1.29 is 19.4 Å². The van der Waals surface area contributed by atoms with E-state index in [1.807, 2.05) is 24.3 Å². The highest BCUT2D eigenvalue weighted by Crippen LogP contribution is 2.26. The van der Waals surface area contributed by atoms with Crippen LogP contribution in [0.15, 0.2) is 36.7 Å². The number of carbonyl (C=O) groups is 1. The number of aromatic nitrogens is 2. The first-order chi connectivity index (χ1) is 12.2. The molecular formula is C18H21N3O4. The summed E-state index contributed by atoms with van der Waals surface area (Å²) in [5.41, 5.74) is 1.78. The van der Waals surface area contributed by atoms with E-state index in [1.54, 1.807) is 19.5 Å². The Morgan fingerprint density at radius 1 is 1.36 bits per heavy atom. The molecule has 2 aromatic rings. The zero-order valence-corrected chi connectivity index (χ0v) is 14.1. The Balaban J connectivity index is 1.72. The molecule has 1 fully saturated rings. The van der Waals surface area contributed by atoms with Crippen molar-refractivity contribution in [3.05, 3.63) is 42.2 Å². The van der Waals surface area contributed by atoms with Crippen LogP contribution >= 0.6 is 0 Å². The lowest BCUT2D eigenvalue weighted by Crippen LogP contribution is -2.45. The highest BCUT2D eigenvalue weighted by Gasteiger charge is 2.25. The molecule has 2 heterocycles. The van der Waals surface area contributed by atoms with E-state index >= 15 is 0 Å². The van der Waals surface area contributed by atoms with Crippen molar-refractivity contribution in [2.45, 2.75) is 19.0 Å². The number of carboxylic acids is 1. The molecule has 0 radical (unpaired) electrons. The van der Waals surface area contributed by atoms with Gasteiger partial charge in [-0.15, -0.1) is 0 Å². The molecule has 132 valence electrons. The van der Waals surface area contributed by atoms with E-state index in [1.165, 1.54) is 0 Å². The van der Waals surface area contributed by atoms with Crippen LogP contribution in [0, 0.1) is 0 Å². The van der Waals surface area contributed by atoms with E-state index in [2.05, 4.69) is 14.9 Å². The third-order valence-corrected chi connectivity index (χ3v) is 4.20. The molecule has 0 aliphatic carbocycles. The van der Waals surface area contributed by atoms with Crippen LogP contribution in [-0.4, -0.2) is 58.9 Å². The fourth-order valence-electron chi connectivity index (χ4n) is 2.93. The number of para-hydroxylation sites is 1. The molecular weight excluding hydrogens is 322 g/mol. The smallest absolute Gasteiger partial charge is 0.305 e. The van der Waals surface area contributed by atoms with Gasteiger partial charge in [-0.25, -0.2) is 9.97 Å². The summed E-state index contributed by atoms with van der Waals surface area (Å²) in [6.45, 7) is 2.35. The zero-order chi connectivity index (χ0) is 17.6. The van der Waals surface area contributed by atoms with E-state index in [-0.39, 0.29) is 12.5 Å². The number of rotatable bonds is 6. The van der Waals surface area contributed by atoms with Crippen LogP contribution in [0.1, 0.15) is 12.0 Å². The van der Waals surface area contributed by atoms with Gasteiger partial charge >= 0.3 is 5.97 Å². The van der Waals surface area contributed by atoms with Crippen molar-refractivity contribution in [2.24, 2.45) is 0 Å². The van der Waals surface area contributed by atoms with Crippen molar-refractivity contribution >= 4 is 5.97 Å². The molecule has 1 aliphatic rings. The standard InChI is InChI=1S/C18H21N3O4/c1-24-16-5-3-2-4-15(16)18-19-9-13(10-20-18)11-21-6-7-25-12-14(21)8-17(22)23/h2-5,9-10,14H,6-8,11-12H2,1H3,(H,22,23)/t14-/m1/s1. The number of carboxylic acid groups (broad SMARTS) is 1. The van der Waals surface area contributed by atoms with Gasteiger partial charge in [0.25, 0.3) is 0 Å². The second-order valence-corrected chi connectivity index (χ2v) is 5.91. The number of ether oxygens (including phenoxy) is 2. The van der Waals surface area contributed by atoms with Crippen molar-refractivity contribution in [1.82, 2.24) is 14.9 Å². The Bertz CT molecular complexity index is 721. The summed E-state index contributed by atoms with van der Waals surface area (Å²) < 4.78 is 10.7. The number of hydrogen-bond acceptors (Lipinski definition) is 6. The third kappa shape index (κ3) is 4.32. The van der Waals surface area contributed by atoms with Gasteiger partial charge in [-0.1, -0.05) is 12.1 Å². The van der Waals surface area contributed by atoms with E-state index < -0.39 is 5.97 Å². The number of benzene rings is 1. The van der Waals surface area contributed by atoms with E-state index in [0.717, 1.165) is 16.9 Å². The predicted molar refractivity (Wildman–Crippen MR) is 91.3 cm³/mol. The summed E-state index contributed by atoms with van der Waals surface area (Å²) in [6, 6.07) is 7.48. The minimum absolute atomic E-state index is 0.0696. The molecule has 1 N–H and O–H groups in total. The molecule has 1 atom stereocenters. The number of hydrogen-bond donors (Lipinski definition) is 1. The molecule has 25 heavy (non-hydrogen) atoms. The van der Waals surface area contributed by atoms with E-state index in [4.69, 9.17) is 14.6 Å². The monoisotopic (exact) mass is 343 g/mol. The molecule has 3 rings (SSSR count). The molecule has 0 unspecified atom stereocenters. The topological polar surface area (TPSA) is 84.8 Å². The molecule has 0 spiro atoms. The number of nitrogens with zero attached hydrogens (tertiary/aromatic N) is 3. The normalized spacial score (nSPS) is 18.0. The summed E-state index contributed by atoms with van der Waals surface area (Å²) in [6.07, 6.45) is 3.63. The quantitative estimate of drug-likeness (QED) is 0.856. The predicted octanol–water partition coefficient (Wildman–Crippen LogP) is 1.83. The van der Waals surface area contributed by atoms with Crippen LogP contribution in [0.3, 0.4) is 0 Å². The minimum Gasteiger partial charge on any atom is -0.496 e. The molecule has 0 bridgehead atoms. The SMILES string of the molecule is COc1ccccc1-c1ncc(CN2CCOC[C@H]2CC(=O)O)cn1. The fraction of sp³-hybridized carbons (Fsp3) is 0.389. The lowest BCUT2D eigenvalue weighted by atomic mass is 10.1. The molecule has 1 aliphatic heterocycles. The van der Waals surface area contributed by atoms with E-state index in [9.17, 15) is 4.79 Å². The highest BCUT2D eigenvalue weighted by atomic mass is 16.5. The highest BCUT2D eigenvalue weighted by molar-refractivity contribution is 5.67. The second-order valence-electron chi connectivity index (χ2n) is 5.91. The van der Waals surface area contributed by atoms with Crippen LogP contribution < -0.4 is 4.74 Å². The Hall–Kier alpha value is -2.51. The summed E-state index contributed by atoms with van der Waals surface area (Å²) in [4.78, 5) is 22.0. The van der Waals surface area contributed by atoms with Crippen molar-refractivity contribution in [3.63, 3.8) is 0 Å². The molecule has 7 heteroatoms. The van der Waals surface area contributed by atoms with Crippen molar-refractivity contribution in [1.29, 1.82) is 0 Å². The van der Waals surface area contributed by atoms with Gasteiger partial charge in [-0.2, -0.15) is 0 Å². The summed E-state index contributed by atoms with van der Waals surface area (Å²) in [5.74, 6) is 0.512. The second kappa shape index (κ2) is 8.04. The summed E-state index contributed by atoms with van der Waals surface area (Å²) >= 11 is 0. The van der Waals surface area contributed by atoms with Gasteiger partial charge in [0.15, 0.2) is 5.82 Å². The number of morpholine rings is 1. The van der Waals surface area contributed by atoms with Gasteiger partial charge in [0, 0.05) is 37.1 Å². The van der Waals surface area contributed by atoms with Crippen LogP contribution in [0.2, 0.25) is 0 Å². The fourth-order valence-corrected chi connectivity index (χ4v) is 2.93. The Labute approximate surface area is 146 Å². The van der Waals surface area contributed by atoms with Gasteiger partial charge in [-0.3, -0.25) is 9.69 Å². The maximum Gasteiger partial charge on any atom is 0.305 e. The van der Waals surface area contributed by atoms with Gasteiger partial charge < -0.3 is 14.6 Å². The maximum atomic E-state index is 11.0. The first-order valence-electron chi connectivity index (χ1n) is 8.15. The third-order valence-electron chi connectivity index (χ3n) is 4.20. The van der Waals surface area contributed by atoms with Crippen molar-refractivity contribution in [3.8, 4) is 17.1 Å². The van der Waals surface area contributed by atoms with Gasteiger partial charge in [0.1, 0.15) is 5.75 Å². The molecule has 1 aromatic carbocycles. The van der Waals surface area contributed by atoms with Crippen LogP contribution in [-0.2, 0) is 16.1 Å². The minimum atomic E-state index is -0.816. The average molecular weight is 343 g/mol. The Kier molecular flexibility index (Phi) is 5.57. The maximum absolute atomic E-state index is 11.0. The summed E-state index contributed by atoms with van der Waals surface area (Å²) in [5, 5.41) is 9.04. The number of aliphatic carboxylic acids is 1. The molecule has 0 saturated carbocycles. The average Bonchev–Trinajstić information content (AvgIpc) is 2.63. The molecule has 1 saturated heterocycles. The van der Waals surface area contributed by atoms with Gasteiger partial charge in [0.05, 0.1) is 32.3 Å². The molecule has 1 aromatic heterocycles. The van der Waals surface area contributed by atoms with E-state index in [0.29, 0.717) is 32.1 Å². The lowest BCUT2D eigenvalue weighted by molar-refractivity contribution is -0.140. The first-order valence-corrected chi connectivity index (χ1v) is 8.15. The Morgan fingerprint density at radius 2 is 2.12 bits per heavy atom.